The van der Waals surface area contributed by atoms with Crippen molar-refractivity contribution in [3.05, 3.63) is 29.3 Å². The van der Waals surface area contributed by atoms with E-state index < -0.39 is 29.1 Å². The number of amides is 2. The summed E-state index contributed by atoms with van der Waals surface area (Å²) in [6, 6.07) is 5.23. The van der Waals surface area contributed by atoms with Crippen molar-refractivity contribution in [3.8, 4) is 6.07 Å². The lowest BCUT2D eigenvalue weighted by molar-refractivity contribution is -0.137. The third kappa shape index (κ3) is 4.34. The molecule has 3 aliphatic rings. The molecule has 1 aromatic carbocycles. The standard InChI is InChI=1S/C22H25F3N4O2/c23-22(24,25)19-9-16(4-3-15(19)10-26)29-11-17(18(12-29)20(27)30)13-5-7-28(8-6-13)21(31)14-1-2-14/h3-4,9,13-14,17-18H,1-2,5-8,11-12H2,(H2,27,30)/t17-,18+/m0/s1. The van der Waals surface area contributed by atoms with Crippen LogP contribution >= 0.6 is 0 Å². The summed E-state index contributed by atoms with van der Waals surface area (Å²) in [5.74, 6) is -0.396. The molecule has 2 aliphatic heterocycles. The van der Waals surface area contributed by atoms with Crippen LogP contribution in [0.3, 0.4) is 0 Å². The van der Waals surface area contributed by atoms with Crippen molar-refractivity contribution in [1.82, 2.24) is 4.90 Å². The molecule has 2 saturated heterocycles. The largest absolute Gasteiger partial charge is 0.417 e. The Labute approximate surface area is 178 Å². The van der Waals surface area contributed by atoms with E-state index in [1.165, 1.54) is 12.1 Å². The van der Waals surface area contributed by atoms with Gasteiger partial charge in [0.1, 0.15) is 0 Å². The highest BCUT2D eigenvalue weighted by molar-refractivity contribution is 5.81. The van der Waals surface area contributed by atoms with Crippen molar-refractivity contribution in [2.45, 2.75) is 31.9 Å². The summed E-state index contributed by atoms with van der Waals surface area (Å²) >= 11 is 0. The molecular formula is C22H25F3N4O2. The number of piperidine rings is 1. The first kappa shape index (κ1) is 21.5. The van der Waals surface area contributed by atoms with Crippen LogP contribution in [0.15, 0.2) is 18.2 Å². The molecule has 0 unspecified atom stereocenters. The Morgan fingerprint density at radius 2 is 1.77 bits per heavy atom. The molecule has 0 radical (unpaired) electrons. The van der Waals surface area contributed by atoms with Crippen LogP contribution in [0.4, 0.5) is 18.9 Å². The molecule has 0 bridgehead atoms. The second kappa shape index (κ2) is 8.06. The quantitative estimate of drug-likeness (QED) is 0.789. The maximum absolute atomic E-state index is 13.4. The highest BCUT2D eigenvalue weighted by Crippen LogP contribution is 2.41. The Bertz CT molecular complexity index is 914. The lowest BCUT2D eigenvalue weighted by atomic mass is 9.78. The average molecular weight is 434 g/mol. The molecule has 2 atom stereocenters. The van der Waals surface area contributed by atoms with Gasteiger partial charge in [-0.05, 0) is 55.7 Å². The fourth-order valence-electron chi connectivity index (χ4n) is 5.02. The van der Waals surface area contributed by atoms with E-state index in [4.69, 9.17) is 11.0 Å². The maximum Gasteiger partial charge on any atom is 0.417 e. The molecule has 1 saturated carbocycles. The van der Waals surface area contributed by atoms with E-state index >= 15 is 0 Å². The smallest absolute Gasteiger partial charge is 0.370 e. The molecule has 31 heavy (non-hydrogen) atoms. The van der Waals surface area contributed by atoms with Crippen LogP contribution in [0.25, 0.3) is 0 Å². The topological polar surface area (TPSA) is 90.4 Å². The van der Waals surface area contributed by atoms with Gasteiger partial charge < -0.3 is 15.5 Å². The third-order valence-electron chi connectivity index (χ3n) is 6.91. The van der Waals surface area contributed by atoms with Crippen LogP contribution in [-0.4, -0.2) is 42.9 Å². The molecule has 0 spiro atoms. The monoisotopic (exact) mass is 434 g/mol. The number of likely N-dealkylation sites (tertiary alicyclic amines) is 1. The number of hydrogen-bond donors (Lipinski definition) is 1. The van der Waals surface area contributed by atoms with E-state index in [9.17, 15) is 22.8 Å². The normalized spacial score (nSPS) is 24.8. The summed E-state index contributed by atoms with van der Waals surface area (Å²) < 4.78 is 40.1. The minimum absolute atomic E-state index is 0.0688. The summed E-state index contributed by atoms with van der Waals surface area (Å²) in [6.07, 6.45) is -1.18. The highest BCUT2D eigenvalue weighted by atomic mass is 19.4. The molecule has 2 N–H and O–H groups in total. The summed E-state index contributed by atoms with van der Waals surface area (Å²) in [4.78, 5) is 28.1. The molecule has 1 aliphatic carbocycles. The Balaban J connectivity index is 1.49. The number of nitrogens with zero attached hydrogens (tertiary/aromatic N) is 3. The Morgan fingerprint density at radius 1 is 1.10 bits per heavy atom. The number of carbonyl (C=O) groups is 2. The second-order valence-corrected chi connectivity index (χ2v) is 8.85. The van der Waals surface area contributed by atoms with Crippen molar-refractivity contribution < 1.29 is 22.8 Å². The first-order chi connectivity index (χ1) is 14.7. The predicted octanol–water partition coefficient (Wildman–Crippen LogP) is 2.76. The first-order valence-electron chi connectivity index (χ1n) is 10.6. The van der Waals surface area contributed by atoms with Crippen LogP contribution in [0, 0.1) is 35.0 Å². The van der Waals surface area contributed by atoms with E-state index in [1.807, 2.05) is 4.90 Å². The second-order valence-electron chi connectivity index (χ2n) is 8.85. The summed E-state index contributed by atoms with van der Waals surface area (Å²) in [5.41, 5.74) is 4.59. The molecule has 6 nitrogen and oxygen atoms in total. The number of primary amides is 1. The number of rotatable bonds is 4. The number of alkyl halides is 3. The molecule has 3 fully saturated rings. The van der Waals surface area contributed by atoms with Crippen LogP contribution in [0.1, 0.15) is 36.8 Å². The molecule has 1 aromatic rings. The highest BCUT2D eigenvalue weighted by Gasteiger charge is 2.44. The van der Waals surface area contributed by atoms with Gasteiger partial charge in [0, 0.05) is 37.8 Å². The lowest BCUT2D eigenvalue weighted by Gasteiger charge is -2.36. The van der Waals surface area contributed by atoms with Gasteiger partial charge in [0.05, 0.1) is 23.1 Å². The number of halogens is 3. The fourth-order valence-corrected chi connectivity index (χ4v) is 5.02. The van der Waals surface area contributed by atoms with Gasteiger partial charge in [0.15, 0.2) is 0 Å². The van der Waals surface area contributed by atoms with E-state index in [0.717, 1.165) is 31.7 Å². The zero-order valence-electron chi connectivity index (χ0n) is 17.1. The lowest BCUT2D eigenvalue weighted by Crippen LogP contribution is -2.43. The van der Waals surface area contributed by atoms with Gasteiger partial charge in [-0.15, -0.1) is 0 Å². The van der Waals surface area contributed by atoms with Gasteiger partial charge in [0.25, 0.3) is 0 Å². The zero-order valence-corrected chi connectivity index (χ0v) is 17.1. The maximum atomic E-state index is 13.4. The minimum Gasteiger partial charge on any atom is -0.370 e. The van der Waals surface area contributed by atoms with Crippen LogP contribution < -0.4 is 10.6 Å². The van der Waals surface area contributed by atoms with E-state index in [2.05, 4.69) is 0 Å². The summed E-state index contributed by atoms with van der Waals surface area (Å²) in [5, 5.41) is 9.01. The number of anilines is 1. The molecule has 9 heteroatoms. The van der Waals surface area contributed by atoms with E-state index in [1.54, 1.807) is 11.0 Å². The van der Waals surface area contributed by atoms with Gasteiger partial charge in [-0.1, -0.05) is 0 Å². The van der Waals surface area contributed by atoms with Crippen molar-refractivity contribution in [3.63, 3.8) is 0 Å². The van der Waals surface area contributed by atoms with Crippen molar-refractivity contribution in [1.29, 1.82) is 5.26 Å². The zero-order chi connectivity index (χ0) is 22.3. The number of benzene rings is 1. The van der Waals surface area contributed by atoms with Crippen LogP contribution in [0.2, 0.25) is 0 Å². The van der Waals surface area contributed by atoms with Crippen LogP contribution in [0.5, 0.6) is 0 Å². The summed E-state index contributed by atoms with van der Waals surface area (Å²) in [6.45, 7) is 1.98. The molecule has 2 heterocycles. The first-order valence-corrected chi connectivity index (χ1v) is 10.6. The van der Waals surface area contributed by atoms with Gasteiger partial charge in [-0.3, -0.25) is 9.59 Å². The van der Waals surface area contributed by atoms with E-state index in [-0.39, 0.29) is 30.2 Å². The van der Waals surface area contributed by atoms with Gasteiger partial charge in [-0.2, -0.15) is 18.4 Å². The number of hydrogen-bond acceptors (Lipinski definition) is 4. The van der Waals surface area contributed by atoms with E-state index in [0.29, 0.717) is 25.3 Å². The molecular weight excluding hydrogens is 409 g/mol. The Kier molecular flexibility index (Phi) is 5.58. The van der Waals surface area contributed by atoms with Crippen LogP contribution in [-0.2, 0) is 15.8 Å². The Morgan fingerprint density at radius 3 is 2.32 bits per heavy atom. The third-order valence-corrected chi connectivity index (χ3v) is 6.91. The number of nitrogens with two attached hydrogens (primary N) is 1. The number of carbonyl (C=O) groups excluding carboxylic acids is 2. The number of nitriles is 1. The van der Waals surface area contributed by atoms with Crippen molar-refractivity contribution >= 4 is 17.5 Å². The van der Waals surface area contributed by atoms with Gasteiger partial charge in [-0.25, -0.2) is 0 Å². The van der Waals surface area contributed by atoms with Crippen molar-refractivity contribution in [2.24, 2.45) is 29.4 Å². The predicted molar refractivity (Wildman–Crippen MR) is 107 cm³/mol. The molecule has 0 aromatic heterocycles. The average Bonchev–Trinajstić information content (AvgIpc) is 3.50. The van der Waals surface area contributed by atoms with Crippen molar-refractivity contribution in [2.75, 3.05) is 31.1 Å². The summed E-state index contributed by atoms with van der Waals surface area (Å²) in [7, 11) is 0. The van der Waals surface area contributed by atoms with Gasteiger partial charge >= 0.3 is 6.18 Å². The minimum atomic E-state index is -4.63. The molecule has 4 rings (SSSR count). The molecule has 166 valence electrons. The SMILES string of the molecule is N#Cc1ccc(N2C[C@@H](C(N)=O)[C@H](C3CCN(C(=O)C4CC4)CC3)C2)cc1C(F)(F)F. The molecule has 2 amide bonds. The van der Waals surface area contributed by atoms with Gasteiger partial charge in [0.2, 0.25) is 11.8 Å². The Hall–Kier alpha value is -2.76. The fraction of sp³-hybridized carbons (Fsp3) is 0.591.